The molecule has 1 aromatic carbocycles. The molecule has 3 rings (SSSR count). The van der Waals surface area contributed by atoms with Gasteiger partial charge in [0.05, 0.1) is 12.8 Å². The van der Waals surface area contributed by atoms with E-state index in [2.05, 4.69) is 27.3 Å². The summed E-state index contributed by atoms with van der Waals surface area (Å²) in [5, 5.41) is 12.1. The Labute approximate surface area is 137 Å². The first kappa shape index (κ1) is 15.7. The third-order valence-corrected chi connectivity index (χ3v) is 4.47. The lowest BCUT2D eigenvalue weighted by molar-refractivity contribution is 0.277. The van der Waals surface area contributed by atoms with Crippen LogP contribution in [0.4, 0.5) is 5.82 Å². The smallest absolute Gasteiger partial charge is 0.148 e. The van der Waals surface area contributed by atoms with E-state index in [-0.39, 0.29) is 0 Å². The van der Waals surface area contributed by atoms with Crippen LogP contribution < -0.4 is 10.1 Å². The number of rotatable bonds is 6. The number of likely N-dealkylation sites (N-methyl/N-ethyl adjacent to an activating group) is 1. The van der Waals surface area contributed by atoms with Crippen LogP contribution in [0, 0.1) is 0 Å². The van der Waals surface area contributed by atoms with Crippen LogP contribution in [0.1, 0.15) is 19.8 Å². The Morgan fingerprint density at radius 2 is 2.09 bits per heavy atom. The normalized spacial score (nSPS) is 18.1. The summed E-state index contributed by atoms with van der Waals surface area (Å²) < 4.78 is 5.38. The molecule has 1 aromatic heterocycles. The highest BCUT2D eigenvalue weighted by Crippen LogP contribution is 2.27. The number of para-hydroxylation sites is 1. The molecule has 122 valence electrons. The van der Waals surface area contributed by atoms with E-state index >= 15 is 0 Å². The van der Waals surface area contributed by atoms with Gasteiger partial charge >= 0.3 is 0 Å². The van der Waals surface area contributed by atoms with Crippen LogP contribution >= 0.6 is 0 Å². The molecule has 0 amide bonds. The third kappa shape index (κ3) is 3.62. The highest BCUT2D eigenvalue weighted by molar-refractivity contribution is 5.67. The van der Waals surface area contributed by atoms with Crippen molar-refractivity contribution < 1.29 is 4.74 Å². The van der Waals surface area contributed by atoms with Crippen molar-refractivity contribution in [3.05, 3.63) is 36.4 Å². The number of nitrogens with zero attached hydrogens (tertiary/aromatic N) is 3. The summed E-state index contributed by atoms with van der Waals surface area (Å²) in [4.78, 5) is 2.52. The lowest BCUT2D eigenvalue weighted by atomic mass is 10.1. The Kier molecular flexibility index (Phi) is 5.08. The minimum Gasteiger partial charge on any atom is -0.496 e. The molecule has 0 unspecified atom stereocenters. The fourth-order valence-electron chi connectivity index (χ4n) is 3.19. The molecule has 0 radical (unpaired) electrons. The summed E-state index contributed by atoms with van der Waals surface area (Å²) >= 11 is 0. The molecule has 1 atom stereocenters. The molecule has 1 aliphatic heterocycles. The Morgan fingerprint density at radius 1 is 1.22 bits per heavy atom. The zero-order valence-corrected chi connectivity index (χ0v) is 13.8. The number of methoxy groups -OCH3 is 1. The highest BCUT2D eigenvalue weighted by atomic mass is 16.5. The van der Waals surface area contributed by atoms with E-state index in [0.29, 0.717) is 6.04 Å². The summed E-state index contributed by atoms with van der Waals surface area (Å²) in [6.07, 6.45) is 2.55. The number of hydrogen-bond acceptors (Lipinski definition) is 5. The van der Waals surface area contributed by atoms with E-state index in [1.54, 1.807) is 7.11 Å². The topological polar surface area (TPSA) is 50.3 Å². The van der Waals surface area contributed by atoms with Crippen LogP contribution in [0.2, 0.25) is 0 Å². The molecule has 5 nitrogen and oxygen atoms in total. The molecule has 1 aliphatic rings. The molecule has 0 bridgehead atoms. The molecule has 1 saturated heterocycles. The number of ether oxygens (including phenoxy) is 1. The predicted octanol–water partition coefficient (Wildman–Crippen LogP) is 3.05. The Morgan fingerprint density at radius 3 is 2.83 bits per heavy atom. The number of benzene rings is 1. The number of nitrogens with one attached hydrogen (secondary N) is 1. The molecule has 0 spiro atoms. The third-order valence-electron chi connectivity index (χ3n) is 4.47. The van der Waals surface area contributed by atoms with Gasteiger partial charge in [0.15, 0.2) is 0 Å². The molecule has 0 aliphatic carbocycles. The van der Waals surface area contributed by atoms with E-state index in [1.165, 1.54) is 19.4 Å². The first-order valence-electron chi connectivity index (χ1n) is 8.27. The lowest BCUT2D eigenvalue weighted by Gasteiger charge is -2.22. The van der Waals surface area contributed by atoms with Gasteiger partial charge in [-0.25, -0.2) is 0 Å². The average Bonchev–Trinajstić information content (AvgIpc) is 3.08. The molecular weight excluding hydrogens is 288 g/mol. The average molecular weight is 312 g/mol. The molecule has 1 N–H and O–H groups in total. The van der Waals surface area contributed by atoms with Gasteiger partial charge in [0.1, 0.15) is 11.6 Å². The zero-order chi connectivity index (χ0) is 16.1. The van der Waals surface area contributed by atoms with Crippen LogP contribution in [-0.4, -0.2) is 47.9 Å². The van der Waals surface area contributed by atoms with Gasteiger partial charge in [-0.05, 0) is 50.2 Å². The quantitative estimate of drug-likeness (QED) is 0.888. The van der Waals surface area contributed by atoms with Gasteiger partial charge in [0.2, 0.25) is 0 Å². The van der Waals surface area contributed by atoms with Crippen LogP contribution in [0.15, 0.2) is 36.4 Å². The summed E-state index contributed by atoms with van der Waals surface area (Å²) in [5.41, 5.74) is 1.78. The van der Waals surface area contributed by atoms with Crippen molar-refractivity contribution in [2.24, 2.45) is 0 Å². The standard InChI is InChI=1S/C18H24N4O/c1-3-22-12-6-7-14(22)13-19-18-11-10-16(20-21-18)15-8-4-5-9-17(15)23-2/h4-5,8-11,14H,3,6-7,12-13H2,1-2H3,(H,19,21)/t14-/m1/s1. The maximum Gasteiger partial charge on any atom is 0.148 e. The fraction of sp³-hybridized carbons (Fsp3) is 0.444. The highest BCUT2D eigenvalue weighted by Gasteiger charge is 2.22. The van der Waals surface area contributed by atoms with Crippen LogP contribution in [-0.2, 0) is 0 Å². The van der Waals surface area contributed by atoms with E-state index in [4.69, 9.17) is 4.74 Å². The van der Waals surface area contributed by atoms with Gasteiger partial charge in [0, 0.05) is 18.2 Å². The van der Waals surface area contributed by atoms with Crippen molar-refractivity contribution in [2.45, 2.75) is 25.8 Å². The maximum atomic E-state index is 5.38. The number of aromatic nitrogens is 2. The molecule has 2 aromatic rings. The number of anilines is 1. The van der Waals surface area contributed by atoms with E-state index in [9.17, 15) is 0 Å². The van der Waals surface area contributed by atoms with Crippen molar-refractivity contribution in [1.82, 2.24) is 15.1 Å². The predicted molar refractivity (Wildman–Crippen MR) is 92.8 cm³/mol. The van der Waals surface area contributed by atoms with Crippen molar-refractivity contribution in [3.8, 4) is 17.0 Å². The van der Waals surface area contributed by atoms with Crippen molar-refractivity contribution >= 4 is 5.82 Å². The maximum absolute atomic E-state index is 5.38. The van der Waals surface area contributed by atoms with Crippen molar-refractivity contribution in [2.75, 3.05) is 32.1 Å². The Hall–Kier alpha value is -2.14. The second-order valence-electron chi connectivity index (χ2n) is 5.81. The molecule has 2 heterocycles. The van der Waals surface area contributed by atoms with Gasteiger partial charge < -0.3 is 10.1 Å². The summed E-state index contributed by atoms with van der Waals surface area (Å²) in [5.74, 6) is 1.64. The monoisotopic (exact) mass is 312 g/mol. The fourth-order valence-corrected chi connectivity index (χ4v) is 3.19. The summed E-state index contributed by atoms with van der Waals surface area (Å²) in [6, 6.07) is 12.4. The molecular formula is C18H24N4O. The first-order chi connectivity index (χ1) is 11.3. The molecule has 0 saturated carbocycles. The van der Waals surface area contributed by atoms with Gasteiger partial charge in [-0.1, -0.05) is 19.1 Å². The Bertz CT molecular complexity index is 629. The minimum atomic E-state index is 0.607. The largest absolute Gasteiger partial charge is 0.496 e. The van der Waals surface area contributed by atoms with Crippen molar-refractivity contribution in [3.63, 3.8) is 0 Å². The van der Waals surface area contributed by atoms with Crippen LogP contribution in [0.3, 0.4) is 0 Å². The second kappa shape index (κ2) is 7.42. The van der Waals surface area contributed by atoms with Gasteiger partial charge in [0.25, 0.3) is 0 Å². The number of likely N-dealkylation sites (tertiary alicyclic amines) is 1. The zero-order valence-electron chi connectivity index (χ0n) is 13.8. The molecule has 23 heavy (non-hydrogen) atoms. The SMILES string of the molecule is CCN1CCC[C@@H]1CNc1ccc(-c2ccccc2OC)nn1. The lowest BCUT2D eigenvalue weighted by Crippen LogP contribution is -2.34. The Balaban J connectivity index is 1.65. The van der Waals surface area contributed by atoms with E-state index < -0.39 is 0 Å². The van der Waals surface area contributed by atoms with Crippen LogP contribution in [0.25, 0.3) is 11.3 Å². The minimum absolute atomic E-state index is 0.607. The molecule has 5 heteroatoms. The number of hydrogen-bond donors (Lipinski definition) is 1. The summed E-state index contributed by atoms with van der Waals surface area (Å²) in [6.45, 7) is 5.47. The van der Waals surface area contributed by atoms with E-state index in [1.807, 2.05) is 36.4 Å². The van der Waals surface area contributed by atoms with Crippen molar-refractivity contribution in [1.29, 1.82) is 0 Å². The van der Waals surface area contributed by atoms with Gasteiger partial charge in [-0.3, -0.25) is 4.90 Å². The van der Waals surface area contributed by atoms with Crippen LogP contribution in [0.5, 0.6) is 5.75 Å². The molecule has 1 fully saturated rings. The van der Waals surface area contributed by atoms with Gasteiger partial charge in [-0.15, -0.1) is 10.2 Å². The van der Waals surface area contributed by atoms with Gasteiger partial charge in [-0.2, -0.15) is 0 Å². The van der Waals surface area contributed by atoms with E-state index in [0.717, 1.165) is 35.9 Å². The summed E-state index contributed by atoms with van der Waals surface area (Å²) in [7, 11) is 1.67. The first-order valence-corrected chi connectivity index (χ1v) is 8.27. The second-order valence-corrected chi connectivity index (χ2v) is 5.81.